The minimum absolute atomic E-state index is 0.555. The molecule has 3 rings (SSSR count). The minimum Gasteiger partial charge on any atom is -0.356 e. The number of benzene rings is 1. The average Bonchev–Trinajstić information content (AvgIpc) is 3.17. The van der Waals surface area contributed by atoms with Gasteiger partial charge in [-0.05, 0) is 36.4 Å². The van der Waals surface area contributed by atoms with Gasteiger partial charge in [-0.3, -0.25) is 9.98 Å². The van der Waals surface area contributed by atoms with Crippen molar-refractivity contribution in [2.45, 2.75) is 12.8 Å². The van der Waals surface area contributed by atoms with Gasteiger partial charge in [0.15, 0.2) is 5.96 Å². The molecular formula is C19H21ClN6O. The van der Waals surface area contributed by atoms with Crippen molar-refractivity contribution in [3.63, 3.8) is 0 Å². The van der Waals surface area contributed by atoms with E-state index in [0.29, 0.717) is 29.7 Å². The van der Waals surface area contributed by atoms with Crippen LogP contribution in [-0.2, 0) is 12.8 Å². The monoisotopic (exact) mass is 384 g/mol. The van der Waals surface area contributed by atoms with Crippen molar-refractivity contribution in [3.8, 4) is 11.4 Å². The van der Waals surface area contributed by atoms with E-state index in [2.05, 4.69) is 30.8 Å². The highest BCUT2D eigenvalue weighted by atomic mass is 35.5. The number of hydrogen-bond donors (Lipinski definition) is 2. The molecule has 0 aliphatic heterocycles. The third kappa shape index (κ3) is 5.79. The molecule has 0 unspecified atom stereocenters. The van der Waals surface area contributed by atoms with Gasteiger partial charge in [0.05, 0.1) is 0 Å². The lowest BCUT2D eigenvalue weighted by atomic mass is 10.2. The summed E-state index contributed by atoms with van der Waals surface area (Å²) in [5, 5.41) is 11.2. The maximum atomic E-state index is 5.89. The van der Waals surface area contributed by atoms with Gasteiger partial charge in [0.25, 0.3) is 0 Å². The number of nitrogens with one attached hydrogen (secondary N) is 2. The summed E-state index contributed by atoms with van der Waals surface area (Å²) < 4.78 is 5.30. The van der Waals surface area contributed by atoms with Crippen LogP contribution in [0.2, 0.25) is 5.02 Å². The van der Waals surface area contributed by atoms with Crippen molar-refractivity contribution in [1.82, 2.24) is 25.8 Å². The van der Waals surface area contributed by atoms with Crippen molar-refractivity contribution >= 4 is 17.6 Å². The van der Waals surface area contributed by atoms with Crippen LogP contribution in [0.25, 0.3) is 11.4 Å². The summed E-state index contributed by atoms with van der Waals surface area (Å²) in [7, 11) is 1.74. The molecule has 3 aromatic rings. The van der Waals surface area contributed by atoms with Gasteiger partial charge in [-0.15, -0.1) is 0 Å². The van der Waals surface area contributed by atoms with Crippen LogP contribution in [0.5, 0.6) is 0 Å². The van der Waals surface area contributed by atoms with E-state index in [1.165, 1.54) is 0 Å². The number of halogens is 1. The molecule has 2 heterocycles. The maximum absolute atomic E-state index is 5.89. The van der Waals surface area contributed by atoms with Crippen LogP contribution in [0.15, 0.2) is 58.2 Å². The van der Waals surface area contributed by atoms with E-state index in [-0.39, 0.29) is 0 Å². The molecule has 140 valence electrons. The summed E-state index contributed by atoms with van der Waals surface area (Å²) in [6, 6.07) is 13.2. The molecule has 0 fully saturated rings. The molecule has 0 saturated heterocycles. The van der Waals surface area contributed by atoms with Crippen LogP contribution in [-0.4, -0.2) is 41.2 Å². The van der Waals surface area contributed by atoms with E-state index < -0.39 is 0 Å². The summed E-state index contributed by atoms with van der Waals surface area (Å²) in [5.74, 6) is 1.85. The fraction of sp³-hybridized carbons (Fsp3) is 0.263. The zero-order chi connectivity index (χ0) is 18.9. The SMILES string of the molecule is CN=C(NCCc1ccccn1)NCCc1nc(-c2ccc(Cl)cc2)no1. The van der Waals surface area contributed by atoms with Gasteiger partial charge in [-0.2, -0.15) is 4.98 Å². The molecule has 0 aliphatic rings. The Kier molecular flexibility index (Phi) is 6.76. The van der Waals surface area contributed by atoms with Gasteiger partial charge in [-0.25, -0.2) is 0 Å². The van der Waals surface area contributed by atoms with Crippen LogP contribution < -0.4 is 10.6 Å². The fourth-order valence-corrected chi connectivity index (χ4v) is 2.56. The first-order valence-electron chi connectivity index (χ1n) is 8.67. The summed E-state index contributed by atoms with van der Waals surface area (Å²) in [6.45, 7) is 1.38. The lowest BCUT2D eigenvalue weighted by Crippen LogP contribution is -2.39. The second-order valence-electron chi connectivity index (χ2n) is 5.77. The third-order valence-corrected chi connectivity index (χ3v) is 4.08. The molecular weight excluding hydrogens is 364 g/mol. The molecule has 0 bridgehead atoms. The van der Waals surface area contributed by atoms with Gasteiger partial charge in [-0.1, -0.05) is 22.8 Å². The third-order valence-electron chi connectivity index (χ3n) is 3.83. The first-order chi connectivity index (χ1) is 13.2. The van der Waals surface area contributed by atoms with E-state index in [1.54, 1.807) is 25.4 Å². The number of hydrogen-bond acceptors (Lipinski definition) is 5. The second-order valence-corrected chi connectivity index (χ2v) is 6.20. The van der Waals surface area contributed by atoms with E-state index >= 15 is 0 Å². The zero-order valence-electron chi connectivity index (χ0n) is 15.0. The van der Waals surface area contributed by atoms with Crippen molar-refractivity contribution < 1.29 is 4.52 Å². The Hall–Kier alpha value is -2.93. The Morgan fingerprint density at radius 3 is 2.56 bits per heavy atom. The van der Waals surface area contributed by atoms with Gasteiger partial charge >= 0.3 is 0 Å². The van der Waals surface area contributed by atoms with Crippen molar-refractivity contribution in [3.05, 3.63) is 65.3 Å². The number of pyridine rings is 1. The Morgan fingerprint density at radius 2 is 1.85 bits per heavy atom. The number of aliphatic imine (C=N–C) groups is 1. The second kappa shape index (κ2) is 9.68. The summed E-state index contributed by atoms with van der Waals surface area (Å²) in [4.78, 5) is 12.9. The lowest BCUT2D eigenvalue weighted by molar-refractivity contribution is 0.378. The topological polar surface area (TPSA) is 88.2 Å². The Bertz CT molecular complexity index is 863. The Balaban J connectivity index is 1.42. The average molecular weight is 385 g/mol. The predicted molar refractivity (Wildman–Crippen MR) is 106 cm³/mol. The predicted octanol–water partition coefficient (Wildman–Crippen LogP) is 2.74. The molecule has 8 heteroatoms. The summed E-state index contributed by atoms with van der Waals surface area (Å²) in [5.41, 5.74) is 1.91. The van der Waals surface area contributed by atoms with Crippen molar-refractivity contribution in [2.24, 2.45) is 4.99 Å². The molecule has 0 spiro atoms. The Morgan fingerprint density at radius 1 is 1.07 bits per heavy atom. The first kappa shape index (κ1) is 18.8. The first-order valence-corrected chi connectivity index (χ1v) is 9.05. The molecule has 0 amide bonds. The molecule has 7 nitrogen and oxygen atoms in total. The highest BCUT2D eigenvalue weighted by Crippen LogP contribution is 2.18. The maximum Gasteiger partial charge on any atom is 0.228 e. The summed E-state index contributed by atoms with van der Waals surface area (Å²) >= 11 is 5.89. The quantitative estimate of drug-likeness (QED) is 0.481. The molecule has 1 aromatic carbocycles. The van der Waals surface area contributed by atoms with Crippen molar-refractivity contribution in [1.29, 1.82) is 0 Å². The van der Waals surface area contributed by atoms with Crippen LogP contribution in [0, 0.1) is 0 Å². The van der Waals surface area contributed by atoms with E-state index in [4.69, 9.17) is 16.1 Å². The molecule has 0 saturated carbocycles. The zero-order valence-corrected chi connectivity index (χ0v) is 15.8. The van der Waals surface area contributed by atoms with E-state index in [9.17, 15) is 0 Å². The highest BCUT2D eigenvalue weighted by molar-refractivity contribution is 6.30. The largest absolute Gasteiger partial charge is 0.356 e. The fourth-order valence-electron chi connectivity index (χ4n) is 2.44. The standard InChI is InChI=1S/C19H21ClN6O/c1-21-19(23-12-9-16-4-2-3-11-22-16)24-13-10-17-25-18(26-27-17)14-5-7-15(20)8-6-14/h2-8,11H,9-10,12-13H2,1H3,(H2,21,23,24). The molecule has 0 atom stereocenters. The van der Waals surface area contributed by atoms with Gasteiger partial charge < -0.3 is 15.2 Å². The highest BCUT2D eigenvalue weighted by Gasteiger charge is 2.08. The van der Waals surface area contributed by atoms with Crippen LogP contribution in [0.4, 0.5) is 0 Å². The number of aromatic nitrogens is 3. The molecule has 0 aliphatic carbocycles. The van der Waals surface area contributed by atoms with Gasteiger partial charge in [0, 0.05) is 55.5 Å². The Labute approximate surface area is 162 Å². The molecule has 2 aromatic heterocycles. The van der Waals surface area contributed by atoms with Gasteiger partial charge in [0.2, 0.25) is 11.7 Å². The lowest BCUT2D eigenvalue weighted by Gasteiger charge is -2.10. The van der Waals surface area contributed by atoms with Gasteiger partial charge in [0.1, 0.15) is 0 Å². The number of rotatable bonds is 7. The van der Waals surface area contributed by atoms with E-state index in [1.807, 2.05) is 30.3 Å². The molecule has 2 N–H and O–H groups in total. The minimum atomic E-state index is 0.555. The number of guanidine groups is 1. The number of nitrogens with zero attached hydrogens (tertiary/aromatic N) is 4. The molecule has 0 radical (unpaired) electrons. The smallest absolute Gasteiger partial charge is 0.228 e. The van der Waals surface area contributed by atoms with Crippen LogP contribution in [0.3, 0.4) is 0 Å². The van der Waals surface area contributed by atoms with Crippen molar-refractivity contribution in [2.75, 3.05) is 20.1 Å². The van der Waals surface area contributed by atoms with Crippen LogP contribution in [0.1, 0.15) is 11.6 Å². The summed E-state index contributed by atoms with van der Waals surface area (Å²) in [6.07, 6.45) is 3.22. The van der Waals surface area contributed by atoms with E-state index in [0.717, 1.165) is 30.2 Å². The normalized spacial score (nSPS) is 11.4. The molecule has 27 heavy (non-hydrogen) atoms. The van der Waals surface area contributed by atoms with Crippen LogP contribution >= 0.6 is 11.6 Å².